The average Bonchev–Trinajstić information content (AvgIpc) is 2.18. The van der Waals surface area contributed by atoms with Crippen molar-refractivity contribution in [3.05, 3.63) is 40.9 Å². The van der Waals surface area contributed by atoms with Crippen LogP contribution in [0, 0.1) is 0 Å². The van der Waals surface area contributed by atoms with Gasteiger partial charge >= 0.3 is 0 Å². The lowest BCUT2D eigenvalue weighted by Crippen LogP contribution is -2.01. The van der Waals surface area contributed by atoms with E-state index in [4.69, 9.17) is 11.6 Å². The van der Waals surface area contributed by atoms with Gasteiger partial charge in [-0.05, 0) is 42.2 Å². The lowest BCUT2D eigenvalue weighted by atomic mass is 9.93. The molecule has 14 heavy (non-hydrogen) atoms. The van der Waals surface area contributed by atoms with Crippen molar-refractivity contribution in [1.82, 2.24) is 0 Å². The molecule has 1 aliphatic carbocycles. The molecule has 1 aliphatic rings. The quantitative estimate of drug-likeness (QED) is 0.688. The van der Waals surface area contributed by atoms with Crippen molar-refractivity contribution in [1.29, 1.82) is 0 Å². The first-order chi connectivity index (χ1) is 6.75. The molecule has 2 rings (SSSR count). The molecule has 0 atom stereocenters. The Morgan fingerprint density at radius 1 is 1.21 bits per heavy atom. The molecule has 1 nitrogen and oxygen atoms in total. The summed E-state index contributed by atoms with van der Waals surface area (Å²) in [5, 5.41) is 0.724. The van der Waals surface area contributed by atoms with Crippen LogP contribution in [0.25, 0.3) is 5.57 Å². The summed E-state index contributed by atoms with van der Waals surface area (Å²) in [6.45, 7) is 0. The molecule has 0 bridgehead atoms. The highest BCUT2D eigenvalue weighted by atomic mass is 35.5. The lowest BCUT2D eigenvalue weighted by molar-refractivity contribution is -0.114. The second-order valence-corrected chi connectivity index (χ2v) is 3.94. The van der Waals surface area contributed by atoms with Gasteiger partial charge in [-0.25, -0.2) is 0 Å². The highest BCUT2D eigenvalue weighted by Gasteiger charge is 2.11. The Kier molecular flexibility index (Phi) is 2.69. The van der Waals surface area contributed by atoms with Gasteiger partial charge in [0.05, 0.1) is 0 Å². The summed E-state index contributed by atoms with van der Waals surface area (Å²) in [6.07, 6.45) is 4.36. The number of hydrogen-bond donors (Lipinski definition) is 0. The molecule has 1 aromatic rings. The molecule has 0 saturated heterocycles. The van der Waals surface area contributed by atoms with Gasteiger partial charge in [-0.2, -0.15) is 0 Å². The van der Waals surface area contributed by atoms with Crippen molar-refractivity contribution >= 4 is 23.0 Å². The summed E-state index contributed by atoms with van der Waals surface area (Å²) < 4.78 is 0. The predicted molar refractivity (Wildman–Crippen MR) is 58.3 cm³/mol. The van der Waals surface area contributed by atoms with Crippen molar-refractivity contribution in [2.75, 3.05) is 0 Å². The molecule has 1 aromatic carbocycles. The largest absolute Gasteiger partial charge is 0.295 e. The van der Waals surface area contributed by atoms with E-state index in [1.54, 1.807) is 6.08 Å². The minimum absolute atomic E-state index is 0.228. The van der Waals surface area contributed by atoms with Gasteiger partial charge in [-0.3, -0.25) is 4.79 Å². The smallest absolute Gasteiger partial charge is 0.155 e. The molecule has 0 unspecified atom stereocenters. The van der Waals surface area contributed by atoms with Crippen molar-refractivity contribution in [2.24, 2.45) is 0 Å². The van der Waals surface area contributed by atoms with E-state index in [-0.39, 0.29) is 5.78 Å². The van der Waals surface area contributed by atoms with Gasteiger partial charge in [-0.15, -0.1) is 0 Å². The average molecular weight is 207 g/mol. The molecule has 0 N–H and O–H groups in total. The van der Waals surface area contributed by atoms with Crippen LogP contribution in [0.15, 0.2) is 30.3 Å². The molecular formula is C12H11ClO. The van der Waals surface area contributed by atoms with Gasteiger partial charge < -0.3 is 0 Å². The predicted octanol–water partition coefficient (Wildman–Crippen LogP) is 3.48. The van der Waals surface area contributed by atoms with Gasteiger partial charge in [0.2, 0.25) is 0 Å². The first-order valence-corrected chi connectivity index (χ1v) is 5.13. The van der Waals surface area contributed by atoms with Gasteiger partial charge in [0.15, 0.2) is 5.78 Å². The summed E-state index contributed by atoms with van der Waals surface area (Å²) in [5.74, 6) is 0.228. The number of carbonyl (C=O) groups excluding carboxylic acids is 1. The number of halogens is 1. The molecule has 0 aliphatic heterocycles. The zero-order valence-corrected chi connectivity index (χ0v) is 8.55. The van der Waals surface area contributed by atoms with Crippen LogP contribution in [-0.4, -0.2) is 5.78 Å². The topological polar surface area (TPSA) is 17.1 Å². The Morgan fingerprint density at radius 2 is 2.07 bits per heavy atom. The van der Waals surface area contributed by atoms with E-state index in [9.17, 15) is 4.79 Å². The minimum Gasteiger partial charge on any atom is -0.295 e. The van der Waals surface area contributed by atoms with Crippen LogP contribution in [0.3, 0.4) is 0 Å². The van der Waals surface area contributed by atoms with E-state index in [0.717, 1.165) is 29.0 Å². The Morgan fingerprint density at radius 3 is 2.79 bits per heavy atom. The third-order valence-corrected chi connectivity index (χ3v) is 2.64. The summed E-state index contributed by atoms with van der Waals surface area (Å²) in [5.41, 5.74) is 2.19. The van der Waals surface area contributed by atoms with Crippen molar-refractivity contribution in [3.8, 4) is 0 Å². The molecule has 0 aromatic heterocycles. The lowest BCUT2D eigenvalue weighted by Gasteiger charge is -2.12. The summed E-state index contributed by atoms with van der Waals surface area (Å²) in [4.78, 5) is 11.2. The Hall–Kier alpha value is -1.08. The molecule has 72 valence electrons. The fraction of sp³-hybridized carbons (Fsp3) is 0.250. The summed E-state index contributed by atoms with van der Waals surface area (Å²) in [6, 6.07) is 7.66. The maximum absolute atomic E-state index is 11.2. The van der Waals surface area contributed by atoms with Crippen LogP contribution in [0.1, 0.15) is 24.8 Å². The molecule has 2 heteroatoms. The second kappa shape index (κ2) is 3.97. The number of ketones is 1. The van der Waals surface area contributed by atoms with E-state index in [1.165, 1.54) is 0 Å². The van der Waals surface area contributed by atoms with Crippen molar-refractivity contribution in [2.45, 2.75) is 19.3 Å². The normalized spacial score (nSPS) is 16.6. The van der Waals surface area contributed by atoms with E-state index in [0.29, 0.717) is 6.42 Å². The first kappa shape index (κ1) is 9.47. The number of carbonyl (C=O) groups is 1. The highest BCUT2D eigenvalue weighted by molar-refractivity contribution is 6.30. The molecule has 0 radical (unpaired) electrons. The van der Waals surface area contributed by atoms with Crippen molar-refractivity contribution < 1.29 is 4.79 Å². The third-order valence-electron chi connectivity index (χ3n) is 2.40. The van der Waals surface area contributed by atoms with Crippen LogP contribution in [0.2, 0.25) is 5.02 Å². The maximum atomic E-state index is 11.2. The molecule has 0 amide bonds. The van der Waals surface area contributed by atoms with Gasteiger partial charge in [-0.1, -0.05) is 23.7 Å². The first-order valence-electron chi connectivity index (χ1n) is 4.75. The Labute approximate surface area is 88.4 Å². The standard InChI is InChI=1S/C12H11ClO/c13-11-5-1-3-9(7-11)10-4-2-6-12(14)8-10/h1,3,5,7-8H,2,4,6H2. The molecular weight excluding hydrogens is 196 g/mol. The van der Waals surface area contributed by atoms with Crippen molar-refractivity contribution in [3.63, 3.8) is 0 Å². The Bertz CT molecular complexity index is 393. The summed E-state index contributed by atoms with van der Waals surface area (Å²) >= 11 is 5.89. The van der Waals surface area contributed by atoms with Gasteiger partial charge in [0.1, 0.15) is 0 Å². The number of hydrogen-bond acceptors (Lipinski definition) is 1. The van der Waals surface area contributed by atoms with E-state index in [1.807, 2.05) is 24.3 Å². The molecule has 0 spiro atoms. The monoisotopic (exact) mass is 206 g/mol. The number of allylic oxidation sites excluding steroid dienone is 2. The van der Waals surface area contributed by atoms with Gasteiger partial charge in [0, 0.05) is 11.4 Å². The molecule has 0 fully saturated rings. The minimum atomic E-state index is 0.228. The third kappa shape index (κ3) is 2.05. The SMILES string of the molecule is O=C1C=C(c2cccc(Cl)c2)CCC1. The van der Waals surface area contributed by atoms with E-state index >= 15 is 0 Å². The molecule has 0 saturated carbocycles. The number of rotatable bonds is 1. The fourth-order valence-electron chi connectivity index (χ4n) is 1.71. The van der Waals surface area contributed by atoms with Crippen LogP contribution in [-0.2, 0) is 4.79 Å². The highest BCUT2D eigenvalue weighted by Crippen LogP contribution is 2.26. The maximum Gasteiger partial charge on any atom is 0.155 e. The zero-order chi connectivity index (χ0) is 9.97. The van der Waals surface area contributed by atoms with Crippen LogP contribution >= 0.6 is 11.6 Å². The van der Waals surface area contributed by atoms with Crippen LogP contribution < -0.4 is 0 Å². The molecule has 0 heterocycles. The second-order valence-electron chi connectivity index (χ2n) is 3.50. The zero-order valence-electron chi connectivity index (χ0n) is 7.79. The van der Waals surface area contributed by atoms with Crippen LogP contribution in [0.5, 0.6) is 0 Å². The van der Waals surface area contributed by atoms with Crippen LogP contribution in [0.4, 0.5) is 0 Å². The number of benzene rings is 1. The fourth-order valence-corrected chi connectivity index (χ4v) is 1.90. The van der Waals surface area contributed by atoms with E-state index < -0.39 is 0 Å². The summed E-state index contributed by atoms with van der Waals surface area (Å²) in [7, 11) is 0. The van der Waals surface area contributed by atoms with Gasteiger partial charge in [0.25, 0.3) is 0 Å². The van der Waals surface area contributed by atoms with E-state index in [2.05, 4.69) is 0 Å². The Balaban J connectivity index is 2.35.